The van der Waals surface area contributed by atoms with Gasteiger partial charge in [0.05, 0.1) is 17.9 Å². The highest BCUT2D eigenvalue weighted by Gasteiger charge is 2.28. The number of hydrogen-bond acceptors (Lipinski definition) is 5. The van der Waals surface area contributed by atoms with E-state index in [0.29, 0.717) is 26.3 Å². The minimum atomic E-state index is -2.93. The van der Waals surface area contributed by atoms with Crippen LogP contribution >= 0.6 is 0 Å². The van der Waals surface area contributed by atoms with Crippen molar-refractivity contribution in [3.05, 3.63) is 0 Å². The summed E-state index contributed by atoms with van der Waals surface area (Å²) < 4.78 is 27.5. The Morgan fingerprint density at radius 3 is 2.38 bits per heavy atom. The molecule has 0 radical (unpaired) electrons. The van der Waals surface area contributed by atoms with E-state index in [1.807, 2.05) is 25.8 Å². The van der Waals surface area contributed by atoms with Crippen molar-refractivity contribution >= 4 is 9.84 Å². The lowest BCUT2D eigenvalue weighted by Crippen LogP contribution is -2.54. The summed E-state index contributed by atoms with van der Waals surface area (Å²) in [5.41, 5.74) is 5.41. The van der Waals surface area contributed by atoms with Crippen molar-refractivity contribution in [2.24, 2.45) is 5.73 Å². The molecule has 0 spiro atoms. The van der Waals surface area contributed by atoms with Crippen molar-refractivity contribution in [1.82, 2.24) is 4.90 Å². The number of nitrogens with two attached hydrogens (primary N) is 1. The summed E-state index contributed by atoms with van der Waals surface area (Å²) in [4.78, 5) is 1.95. The second-order valence-electron chi connectivity index (χ2n) is 4.39. The molecular weight excluding hydrogens is 228 g/mol. The average molecular weight is 252 g/mol. The molecule has 0 aliphatic heterocycles. The molecule has 0 saturated heterocycles. The Labute approximate surface area is 98.9 Å². The maximum Gasteiger partial charge on any atom is 0.148 e. The monoisotopic (exact) mass is 252 g/mol. The highest BCUT2D eigenvalue weighted by atomic mass is 32.2. The maximum absolute atomic E-state index is 11.1. The first-order valence-electron chi connectivity index (χ1n) is 5.42. The molecule has 0 fully saturated rings. The van der Waals surface area contributed by atoms with Gasteiger partial charge in [0.25, 0.3) is 0 Å². The fourth-order valence-electron chi connectivity index (χ4n) is 1.22. The van der Waals surface area contributed by atoms with Gasteiger partial charge in [0.2, 0.25) is 0 Å². The second-order valence-corrected chi connectivity index (χ2v) is 6.65. The van der Waals surface area contributed by atoms with Crippen LogP contribution in [-0.2, 0) is 14.6 Å². The molecule has 0 aliphatic carbocycles. The molecule has 0 aromatic heterocycles. The number of rotatable bonds is 8. The van der Waals surface area contributed by atoms with Crippen LogP contribution in [-0.4, -0.2) is 64.2 Å². The summed E-state index contributed by atoms with van der Waals surface area (Å²) in [5.74, 6) is 0.144. The minimum Gasteiger partial charge on any atom is -0.380 e. The van der Waals surface area contributed by atoms with Crippen LogP contribution < -0.4 is 5.73 Å². The van der Waals surface area contributed by atoms with E-state index in [-0.39, 0.29) is 11.3 Å². The Balaban J connectivity index is 4.34. The number of nitrogens with zero attached hydrogens (tertiary/aromatic N) is 1. The molecule has 0 aromatic carbocycles. The summed E-state index contributed by atoms with van der Waals surface area (Å²) >= 11 is 0. The van der Waals surface area contributed by atoms with Gasteiger partial charge in [0, 0.05) is 26.0 Å². The van der Waals surface area contributed by atoms with Crippen LogP contribution in [0.25, 0.3) is 0 Å². The fourth-order valence-corrected chi connectivity index (χ4v) is 1.83. The van der Waals surface area contributed by atoms with Crippen LogP contribution in [0.3, 0.4) is 0 Å². The van der Waals surface area contributed by atoms with Crippen LogP contribution in [0.2, 0.25) is 0 Å². The van der Waals surface area contributed by atoms with Crippen LogP contribution in [0, 0.1) is 0 Å². The molecule has 6 heteroatoms. The summed E-state index contributed by atoms with van der Waals surface area (Å²) in [7, 11) is -1.06. The Morgan fingerprint density at radius 1 is 1.44 bits per heavy atom. The third-order valence-electron chi connectivity index (χ3n) is 2.78. The van der Waals surface area contributed by atoms with E-state index in [2.05, 4.69) is 0 Å². The highest BCUT2D eigenvalue weighted by molar-refractivity contribution is 7.90. The van der Waals surface area contributed by atoms with Gasteiger partial charge in [-0.05, 0) is 20.9 Å². The van der Waals surface area contributed by atoms with Crippen LogP contribution in [0.4, 0.5) is 0 Å². The number of ether oxygens (including phenoxy) is 1. The van der Waals surface area contributed by atoms with Crippen molar-refractivity contribution in [2.75, 3.05) is 45.4 Å². The summed E-state index contributed by atoms with van der Waals surface area (Å²) in [6.07, 6.45) is 1.24. The normalized spacial score (nSPS) is 16.4. The van der Waals surface area contributed by atoms with E-state index >= 15 is 0 Å². The molecule has 0 amide bonds. The largest absolute Gasteiger partial charge is 0.380 e. The average Bonchev–Trinajstić information content (AvgIpc) is 2.21. The Hall–Kier alpha value is -0.170. The Kier molecular flexibility index (Phi) is 6.47. The summed E-state index contributed by atoms with van der Waals surface area (Å²) in [6.45, 7) is 5.96. The van der Waals surface area contributed by atoms with Gasteiger partial charge in [-0.3, -0.25) is 4.90 Å². The molecule has 2 N–H and O–H groups in total. The zero-order valence-corrected chi connectivity index (χ0v) is 11.5. The van der Waals surface area contributed by atoms with Crippen LogP contribution in [0.5, 0.6) is 0 Å². The van der Waals surface area contributed by atoms with E-state index < -0.39 is 9.84 Å². The summed E-state index contributed by atoms with van der Waals surface area (Å²) in [5, 5.41) is 0. The lowest BCUT2D eigenvalue weighted by molar-refractivity contribution is 0.0270. The van der Waals surface area contributed by atoms with Gasteiger partial charge >= 0.3 is 0 Å². The van der Waals surface area contributed by atoms with E-state index in [1.165, 1.54) is 6.26 Å². The van der Waals surface area contributed by atoms with Crippen molar-refractivity contribution in [3.8, 4) is 0 Å². The zero-order valence-electron chi connectivity index (χ0n) is 10.7. The topological polar surface area (TPSA) is 72.6 Å². The first kappa shape index (κ1) is 15.8. The highest BCUT2D eigenvalue weighted by Crippen LogP contribution is 2.12. The molecule has 98 valence electrons. The quantitative estimate of drug-likeness (QED) is 0.643. The zero-order chi connectivity index (χ0) is 12.8. The van der Waals surface area contributed by atoms with E-state index in [4.69, 9.17) is 10.5 Å². The van der Waals surface area contributed by atoms with Crippen molar-refractivity contribution in [1.29, 1.82) is 0 Å². The first-order valence-corrected chi connectivity index (χ1v) is 7.48. The predicted molar refractivity (Wildman–Crippen MR) is 66.3 cm³/mol. The lowest BCUT2D eigenvalue weighted by atomic mass is 10.0. The third-order valence-corrected chi connectivity index (χ3v) is 3.70. The SMILES string of the molecule is CCOCC(C)(CN)N(C)CCS(C)(=O)=O. The van der Waals surface area contributed by atoms with Crippen molar-refractivity contribution < 1.29 is 13.2 Å². The standard InChI is InChI=1S/C10H24N2O3S/c1-5-15-9-10(2,8-11)12(3)6-7-16(4,13)14/h5-9,11H2,1-4H3. The first-order chi connectivity index (χ1) is 7.25. The van der Waals surface area contributed by atoms with Crippen molar-refractivity contribution in [2.45, 2.75) is 19.4 Å². The molecule has 0 aliphatic rings. The van der Waals surface area contributed by atoms with Gasteiger partial charge in [-0.1, -0.05) is 0 Å². The van der Waals surface area contributed by atoms with Gasteiger partial charge in [-0.2, -0.15) is 0 Å². The maximum atomic E-state index is 11.1. The van der Waals surface area contributed by atoms with Crippen LogP contribution in [0.1, 0.15) is 13.8 Å². The Morgan fingerprint density at radius 2 is 2.00 bits per heavy atom. The molecule has 0 saturated carbocycles. The Bertz CT molecular complexity index is 292. The molecule has 16 heavy (non-hydrogen) atoms. The van der Waals surface area contributed by atoms with Gasteiger partial charge < -0.3 is 10.5 Å². The third kappa shape index (κ3) is 5.79. The van der Waals surface area contributed by atoms with Gasteiger partial charge in [0.1, 0.15) is 9.84 Å². The van der Waals surface area contributed by atoms with Gasteiger partial charge in [-0.15, -0.1) is 0 Å². The molecule has 0 rings (SSSR count). The molecule has 1 unspecified atom stereocenters. The second kappa shape index (κ2) is 6.54. The van der Waals surface area contributed by atoms with E-state index in [9.17, 15) is 8.42 Å². The number of sulfone groups is 1. The fraction of sp³-hybridized carbons (Fsp3) is 1.00. The predicted octanol–water partition coefficient (Wildman–Crippen LogP) is -0.283. The van der Waals surface area contributed by atoms with Gasteiger partial charge in [-0.25, -0.2) is 8.42 Å². The molecular formula is C10H24N2O3S. The molecule has 0 bridgehead atoms. The smallest absolute Gasteiger partial charge is 0.148 e. The summed E-state index contributed by atoms with van der Waals surface area (Å²) in [6, 6.07) is 0. The molecule has 1 atom stereocenters. The minimum absolute atomic E-state index is 0.144. The van der Waals surface area contributed by atoms with E-state index in [0.717, 1.165) is 0 Å². The molecule has 5 nitrogen and oxygen atoms in total. The molecule has 0 heterocycles. The number of hydrogen-bond donors (Lipinski definition) is 1. The van der Waals surface area contributed by atoms with Gasteiger partial charge in [0.15, 0.2) is 0 Å². The lowest BCUT2D eigenvalue weighted by Gasteiger charge is -2.37. The molecule has 0 aromatic rings. The number of likely N-dealkylation sites (N-methyl/N-ethyl adjacent to an activating group) is 1. The van der Waals surface area contributed by atoms with Crippen LogP contribution in [0.15, 0.2) is 0 Å². The van der Waals surface area contributed by atoms with E-state index in [1.54, 1.807) is 0 Å². The van der Waals surface area contributed by atoms with Crippen molar-refractivity contribution in [3.63, 3.8) is 0 Å².